The summed E-state index contributed by atoms with van der Waals surface area (Å²) in [6.45, 7) is 0. The van der Waals surface area contributed by atoms with E-state index in [0.29, 0.717) is 19.8 Å². The number of carbonyl (C=O) groups excluding carboxylic acids is 1. The fraction of sp³-hybridized carbons (Fsp3) is 0. The zero-order chi connectivity index (χ0) is 15.5. The number of halogens is 1. The lowest BCUT2D eigenvalue weighted by molar-refractivity contribution is 0.106. The van der Waals surface area contributed by atoms with Crippen molar-refractivity contribution in [3.8, 4) is 0 Å². The second-order valence-corrected chi connectivity index (χ2v) is 6.96. The standard InChI is InChI=1S/C16H10ClNO2S2/c17-11-4-1-3-10(7-11)13(19)9-15-18-16(20)14(22-15)8-12-5-2-6-21-12/h1-9H,(H,18,20). The maximum atomic E-state index is 12.2. The van der Waals surface area contributed by atoms with Crippen molar-refractivity contribution in [3.63, 3.8) is 0 Å². The van der Waals surface area contributed by atoms with Crippen LogP contribution in [0.4, 0.5) is 0 Å². The molecule has 0 saturated heterocycles. The van der Waals surface area contributed by atoms with Crippen LogP contribution in [0.25, 0.3) is 12.2 Å². The van der Waals surface area contributed by atoms with Gasteiger partial charge in [-0.2, -0.15) is 0 Å². The molecule has 110 valence electrons. The van der Waals surface area contributed by atoms with E-state index >= 15 is 0 Å². The molecule has 0 spiro atoms. The van der Waals surface area contributed by atoms with Crippen LogP contribution in [-0.2, 0) is 0 Å². The van der Waals surface area contributed by atoms with E-state index < -0.39 is 0 Å². The summed E-state index contributed by atoms with van der Waals surface area (Å²) in [5.74, 6) is -0.192. The van der Waals surface area contributed by atoms with E-state index in [1.807, 2.05) is 23.6 Å². The van der Waals surface area contributed by atoms with Crippen LogP contribution < -0.4 is 14.8 Å². The summed E-state index contributed by atoms with van der Waals surface area (Å²) in [5.41, 5.74) is 0.300. The highest BCUT2D eigenvalue weighted by Gasteiger charge is 2.04. The molecule has 0 radical (unpaired) electrons. The van der Waals surface area contributed by atoms with Crippen molar-refractivity contribution in [3.05, 3.63) is 76.8 Å². The summed E-state index contributed by atoms with van der Waals surface area (Å²) in [6.07, 6.45) is 3.23. The Morgan fingerprint density at radius 1 is 1.23 bits per heavy atom. The van der Waals surface area contributed by atoms with Gasteiger partial charge in [-0.3, -0.25) is 9.59 Å². The molecule has 0 aliphatic rings. The number of rotatable bonds is 3. The molecule has 0 atom stereocenters. The normalized spacial score (nSPS) is 12.8. The van der Waals surface area contributed by atoms with Gasteiger partial charge in [-0.25, -0.2) is 0 Å². The fourth-order valence-electron chi connectivity index (χ4n) is 1.87. The topological polar surface area (TPSA) is 49.9 Å². The molecule has 1 aromatic carbocycles. The molecule has 3 nitrogen and oxygen atoms in total. The number of ketones is 1. The number of H-pyrrole nitrogens is 1. The Kier molecular flexibility index (Phi) is 4.38. The van der Waals surface area contributed by atoms with E-state index in [1.165, 1.54) is 17.4 Å². The first-order valence-electron chi connectivity index (χ1n) is 6.38. The van der Waals surface area contributed by atoms with Crippen LogP contribution in [0.5, 0.6) is 0 Å². The van der Waals surface area contributed by atoms with Crippen LogP contribution in [0.2, 0.25) is 5.02 Å². The Balaban J connectivity index is 1.99. The number of aromatic amines is 1. The number of hydrogen-bond acceptors (Lipinski definition) is 4. The van der Waals surface area contributed by atoms with Crippen LogP contribution in [0.3, 0.4) is 0 Å². The fourth-order valence-corrected chi connectivity index (χ4v) is 3.67. The van der Waals surface area contributed by atoms with Crippen molar-refractivity contribution in [1.82, 2.24) is 4.98 Å². The summed E-state index contributed by atoms with van der Waals surface area (Å²) < 4.78 is 1.10. The number of nitrogens with one attached hydrogen (secondary N) is 1. The SMILES string of the molecule is O=C(C=c1[nH]c(=O)c(=Cc2cccs2)s1)c1cccc(Cl)c1. The van der Waals surface area contributed by atoms with Gasteiger partial charge in [0, 0.05) is 21.5 Å². The summed E-state index contributed by atoms with van der Waals surface area (Å²) in [7, 11) is 0. The van der Waals surface area contributed by atoms with E-state index in [4.69, 9.17) is 11.6 Å². The van der Waals surface area contributed by atoms with Crippen molar-refractivity contribution in [2.75, 3.05) is 0 Å². The van der Waals surface area contributed by atoms with Crippen LogP contribution in [0, 0.1) is 0 Å². The van der Waals surface area contributed by atoms with E-state index in [-0.39, 0.29) is 11.3 Å². The number of thiophene rings is 1. The predicted octanol–water partition coefficient (Wildman–Crippen LogP) is 2.64. The lowest BCUT2D eigenvalue weighted by atomic mass is 10.1. The monoisotopic (exact) mass is 347 g/mol. The zero-order valence-corrected chi connectivity index (χ0v) is 13.6. The van der Waals surface area contributed by atoms with Crippen molar-refractivity contribution in [1.29, 1.82) is 0 Å². The number of hydrogen-bond donors (Lipinski definition) is 1. The third-order valence-corrected chi connectivity index (χ3v) is 4.89. The average molecular weight is 348 g/mol. The zero-order valence-electron chi connectivity index (χ0n) is 11.2. The summed E-state index contributed by atoms with van der Waals surface area (Å²) in [5, 5.41) is 2.45. The maximum absolute atomic E-state index is 12.2. The Bertz CT molecular complexity index is 984. The van der Waals surface area contributed by atoms with Gasteiger partial charge in [-0.15, -0.1) is 22.7 Å². The Labute approximate surface area is 138 Å². The molecule has 22 heavy (non-hydrogen) atoms. The summed E-state index contributed by atoms with van der Waals surface area (Å²) in [6, 6.07) is 10.6. The van der Waals surface area contributed by atoms with Crippen molar-refractivity contribution in [2.45, 2.75) is 0 Å². The minimum absolute atomic E-state index is 0.191. The molecule has 0 amide bonds. The Morgan fingerprint density at radius 2 is 2.09 bits per heavy atom. The minimum atomic E-state index is -0.192. The Morgan fingerprint density at radius 3 is 2.82 bits per heavy atom. The lowest BCUT2D eigenvalue weighted by Gasteiger charge is -1.94. The average Bonchev–Trinajstić information content (AvgIpc) is 3.10. The van der Waals surface area contributed by atoms with Crippen LogP contribution in [-0.4, -0.2) is 10.8 Å². The van der Waals surface area contributed by atoms with Gasteiger partial charge < -0.3 is 4.98 Å². The maximum Gasteiger partial charge on any atom is 0.266 e. The molecule has 0 bridgehead atoms. The molecule has 3 aromatic rings. The largest absolute Gasteiger partial charge is 0.313 e. The quantitative estimate of drug-likeness (QED) is 0.740. The molecular formula is C16H10ClNO2S2. The second kappa shape index (κ2) is 6.44. The molecule has 3 rings (SSSR count). The second-order valence-electron chi connectivity index (χ2n) is 4.46. The molecule has 0 saturated carbocycles. The number of carbonyl (C=O) groups is 1. The molecule has 0 aliphatic heterocycles. The van der Waals surface area contributed by atoms with Gasteiger partial charge in [0.05, 0.1) is 9.20 Å². The van der Waals surface area contributed by atoms with Crippen LogP contribution >= 0.6 is 34.3 Å². The van der Waals surface area contributed by atoms with Gasteiger partial charge in [0.15, 0.2) is 5.78 Å². The van der Waals surface area contributed by atoms with Gasteiger partial charge in [-0.1, -0.05) is 29.8 Å². The van der Waals surface area contributed by atoms with Gasteiger partial charge in [0.2, 0.25) is 0 Å². The molecule has 2 aromatic heterocycles. The minimum Gasteiger partial charge on any atom is -0.313 e. The first kappa shape index (κ1) is 15.0. The number of Topliss-reactive ketones (excluding diaryl/α,β-unsaturated/α-hetero) is 1. The van der Waals surface area contributed by atoms with E-state index in [1.54, 1.807) is 35.6 Å². The van der Waals surface area contributed by atoms with Crippen LogP contribution in [0.1, 0.15) is 15.2 Å². The van der Waals surface area contributed by atoms with Crippen molar-refractivity contribution >= 4 is 52.2 Å². The molecule has 1 N–H and O–H groups in total. The molecule has 2 heterocycles. The number of aromatic nitrogens is 1. The summed E-state index contributed by atoms with van der Waals surface area (Å²) >= 11 is 8.69. The van der Waals surface area contributed by atoms with E-state index in [2.05, 4.69) is 4.98 Å². The highest BCUT2D eigenvalue weighted by molar-refractivity contribution is 7.11. The molecule has 0 fully saturated rings. The third kappa shape index (κ3) is 3.44. The highest BCUT2D eigenvalue weighted by Crippen LogP contribution is 2.11. The third-order valence-electron chi connectivity index (χ3n) is 2.87. The van der Waals surface area contributed by atoms with Gasteiger partial charge >= 0.3 is 0 Å². The highest BCUT2D eigenvalue weighted by atomic mass is 35.5. The van der Waals surface area contributed by atoms with Gasteiger partial charge in [0.25, 0.3) is 5.56 Å². The number of benzene rings is 1. The predicted molar refractivity (Wildman–Crippen MR) is 92.3 cm³/mol. The van der Waals surface area contributed by atoms with Gasteiger partial charge in [0.1, 0.15) is 0 Å². The molecule has 6 heteroatoms. The van der Waals surface area contributed by atoms with Crippen LogP contribution in [0.15, 0.2) is 46.6 Å². The summed E-state index contributed by atoms with van der Waals surface area (Å²) in [4.78, 5) is 27.8. The first-order valence-corrected chi connectivity index (χ1v) is 8.45. The molecular weight excluding hydrogens is 338 g/mol. The van der Waals surface area contributed by atoms with Crippen molar-refractivity contribution in [2.24, 2.45) is 0 Å². The molecule has 0 aliphatic carbocycles. The smallest absolute Gasteiger partial charge is 0.266 e. The number of thiazole rings is 1. The van der Waals surface area contributed by atoms with E-state index in [0.717, 1.165) is 4.88 Å². The lowest BCUT2D eigenvalue weighted by Crippen LogP contribution is -2.19. The van der Waals surface area contributed by atoms with E-state index in [9.17, 15) is 9.59 Å². The Hall–Kier alpha value is -1.95. The molecule has 0 unspecified atom stereocenters. The van der Waals surface area contributed by atoms with Crippen molar-refractivity contribution < 1.29 is 4.79 Å². The van der Waals surface area contributed by atoms with Gasteiger partial charge in [-0.05, 0) is 29.7 Å². The first-order chi connectivity index (χ1) is 10.6.